The summed E-state index contributed by atoms with van der Waals surface area (Å²) in [6, 6.07) is 20.3. The molecule has 0 unspecified atom stereocenters. The highest BCUT2D eigenvalue weighted by Crippen LogP contribution is 2.26. The number of carbonyl (C=O) groups excluding carboxylic acids is 1. The predicted molar refractivity (Wildman–Crippen MR) is 124 cm³/mol. The highest BCUT2D eigenvalue weighted by molar-refractivity contribution is 9.10. The monoisotopic (exact) mass is 495 g/mol. The van der Waals surface area contributed by atoms with Gasteiger partial charge in [-0.25, -0.2) is 14.2 Å². The number of benzene rings is 3. The third-order valence-corrected chi connectivity index (χ3v) is 5.48. The average molecular weight is 496 g/mol. The summed E-state index contributed by atoms with van der Waals surface area (Å²) in [6.07, 6.45) is 1.63. The van der Waals surface area contributed by atoms with Crippen molar-refractivity contribution in [2.45, 2.75) is 0 Å². The number of anilines is 1. The molecule has 5 nitrogen and oxygen atoms in total. The Balaban J connectivity index is 1.34. The van der Waals surface area contributed by atoms with Crippen LogP contribution in [0.4, 0.5) is 9.52 Å². The van der Waals surface area contributed by atoms with Gasteiger partial charge in [0.2, 0.25) is 5.13 Å². The van der Waals surface area contributed by atoms with E-state index in [1.165, 1.54) is 29.5 Å². The molecule has 154 valence electrons. The van der Waals surface area contributed by atoms with E-state index >= 15 is 0 Å². The van der Waals surface area contributed by atoms with Gasteiger partial charge in [0.25, 0.3) is 0 Å². The van der Waals surface area contributed by atoms with Gasteiger partial charge in [-0.05, 0) is 54.1 Å². The van der Waals surface area contributed by atoms with Gasteiger partial charge in [0.05, 0.1) is 17.5 Å². The van der Waals surface area contributed by atoms with Crippen molar-refractivity contribution in [1.29, 1.82) is 0 Å². The lowest BCUT2D eigenvalue weighted by molar-refractivity contribution is 0.0730. The maximum Gasteiger partial charge on any atom is 0.346 e. The van der Waals surface area contributed by atoms with E-state index in [0.29, 0.717) is 10.9 Å². The number of esters is 1. The molecule has 0 bridgehead atoms. The largest absolute Gasteiger partial charge is 0.423 e. The highest BCUT2D eigenvalue weighted by Gasteiger charge is 2.13. The minimum Gasteiger partial charge on any atom is -0.423 e. The SMILES string of the molecule is O=C(Oc1ccc(/C=N/Nc2nc(-c3ccc(Br)cc3)cs2)cc1)c1ccccc1F. The number of ether oxygens (including phenoxy) is 1. The number of thiazole rings is 1. The molecule has 0 spiro atoms. The van der Waals surface area contributed by atoms with Crippen LogP contribution in [-0.4, -0.2) is 17.2 Å². The standard InChI is InChI=1S/C23H15BrFN3O2S/c24-17-9-7-16(8-10-17)21-14-31-23(27-21)28-26-13-15-5-11-18(12-6-15)30-22(29)19-3-1-2-4-20(19)25/h1-14H,(H,27,28)/b26-13+. The Morgan fingerprint density at radius 3 is 2.55 bits per heavy atom. The topological polar surface area (TPSA) is 63.6 Å². The number of hydrazone groups is 1. The van der Waals surface area contributed by atoms with Crippen LogP contribution in [-0.2, 0) is 0 Å². The first-order valence-corrected chi connectivity index (χ1v) is 10.8. The fraction of sp³-hybridized carbons (Fsp3) is 0. The molecule has 4 aromatic rings. The molecular formula is C23H15BrFN3O2S. The van der Waals surface area contributed by atoms with Gasteiger partial charge in [-0.3, -0.25) is 5.43 Å². The van der Waals surface area contributed by atoms with Gasteiger partial charge >= 0.3 is 5.97 Å². The smallest absolute Gasteiger partial charge is 0.346 e. The Hall–Kier alpha value is -3.36. The van der Waals surface area contributed by atoms with Crippen LogP contribution < -0.4 is 10.2 Å². The number of carbonyl (C=O) groups is 1. The molecule has 0 atom stereocenters. The molecule has 0 fully saturated rings. The summed E-state index contributed by atoms with van der Waals surface area (Å²) in [5, 5.41) is 6.82. The molecule has 0 aliphatic heterocycles. The number of aromatic nitrogens is 1. The van der Waals surface area contributed by atoms with Crippen LogP contribution in [0.3, 0.4) is 0 Å². The second-order valence-corrected chi connectivity index (χ2v) is 8.13. The zero-order valence-electron chi connectivity index (χ0n) is 16.0. The van der Waals surface area contributed by atoms with Crippen molar-refractivity contribution in [2.75, 3.05) is 5.43 Å². The van der Waals surface area contributed by atoms with E-state index in [-0.39, 0.29) is 5.56 Å². The van der Waals surface area contributed by atoms with E-state index in [0.717, 1.165) is 21.3 Å². The lowest BCUT2D eigenvalue weighted by atomic mass is 10.2. The van der Waals surface area contributed by atoms with E-state index in [2.05, 4.69) is 31.4 Å². The molecule has 0 aliphatic carbocycles. The maximum atomic E-state index is 13.7. The summed E-state index contributed by atoms with van der Waals surface area (Å²) < 4.78 is 19.9. The van der Waals surface area contributed by atoms with Crippen LogP contribution in [0, 0.1) is 5.82 Å². The molecule has 0 radical (unpaired) electrons. The Bertz CT molecular complexity index is 1220. The Morgan fingerprint density at radius 2 is 1.81 bits per heavy atom. The zero-order chi connectivity index (χ0) is 21.6. The van der Waals surface area contributed by atoms with E-state index in [1.807, 2.05) is 29.6 Å². The van der Waals surface area contributed by atoms with E-state index in [9.17, 15) is 9.18 Å². The zero-order valence-corrected chi connectivity index (χ0v) is 18.4. The molecule has 4 rings (SSSR count). The van der Waals surface area contributed by atoms with Gasteiger partial charge in [0, 0.05) is 15.4 Å². The van der Waals surface area contributed by atoms with Crippen molar-refractivity contribution in [3.63, 3.8) is 0 Å². The van der Waals surface area contributed by atoms with Gasteiger partial charge in [0.1, 0.15) is 11.6 Å². The summed E-state index contributed by atoms with van der Waals surface area (Å²) in [7, 11) is 0. The lowest BCUT2D eigenvalue weighted by Gasteiger charge is -2.05. The first-order chi connectivity index (χ1) is 15.1. The predicted octanol–water partition coefficient (Wildman–Crippen LogP) is 6.38. The van der Waals surface area contributed by atoms with Crippen LogP contribution in [0.15, 0.2) is 87.8 Å². The van der Waals surface area contributed by atoms with Crippen molar-refractivity contribution in [2.24, 2.45) is 5.10 Å². The third kappa shape index (κ3) is 5.42. The summed E-state index contributed by atoms with van der Waals surface area (Å²) in [5.74, 6) is -1.04. The average Bonchev–Trinajstić information content (AvgIpc) is 3.24. The van der Waals surface area contributed by atoms with Gasteiger partial charge in [0.15, 0.2) is 0 Å². The molecule has 0 saturated carbocycles. The van der Waals surface area contributed by atoms with Crippen molar-refractivity contribution >= 4 is 44.6 Å². The number of hydrogen-bond acceptors (Lipinski definition) is 6. The molecule has 31 heavy (non-hydrogen) atoms. The number of nitrogens with one attached hydrogen (secondary N) is 1. The lowest BCUT2D eigenvalue weighted by Crippen LogP contribution is -2.10. The number of hydrogen-bond donors (Lipinski definition) is 1. The van der Waals surface area contributed by atoms with Gasteiger partial charge in [-0.15, -0.1) is 11.3 Å². The molecule has 0 saturated heterocycles. The molecular weight excluding hydrogens is 481 g/mol. The van der Waals surface area contributed by atoms with Crippen LogP contribution in [0.5, 0.6) is 5.75 Å². The minimum absolute atomic E-state index is 0.108. The molecule has 1 heterocycles. The van der Waals surface area contributed by atoms with Crippen molar-refractivity contribution in [3.05, 3.63) is 99.6 Å². The third-order valence-electron chi connectivity index (χ3n) is 4.20. The second kappa shape index (κ2) is 9.63. The van der Waals surface area contributed by atoms with E-state index < -0.39 is 11.8 Å². The fourth-order valence-corrected chi connectivity index (χ4v) is 3.58. The van der Waals surface area contributed by atoms with Crippen LogP contribution in [0.25, 0.3) is 11.3 Å². The molecule has 0 amide bonds. The second-order valence-electron chi connectivity index (χ2n) is 6.35. The van der Waals surface area contributed by atoms with Crippen LogP contribution in [0.1, 0.15) is 15.9 Å². The summed E-state index contributed by atoms with van der Waals surface area (Å²) in [5.41, 5.74) is 5.49. The van der Waals surface area contributed by atoms with Crippen molar-refractivity contribution < 1.29 is 13.9 Å². The van der Waals surface area contributed by atoms with Gasteiger partial charge in [-0.1, -0.05) is 40.2 Å². The summed E-state index contributed by atoms with van der Waals surface area (Å²) in [4.78, 5) is 16.6. The minimum atomic E-state index is -0.744. The Morgan fingerprint density at radius 1 is 1.06 bits per heavy atom. The molecule has 8 heteroatoms. The fourth-order valence-electron chi connectivity index (χ4n) is 2.65. The van der Waals surface area contributed by atoms with Crippen LogP contribution >= 0.6 is 27.3 Å². The quantitative estimate of drug-likeness (QED) is 0.146. The van der Waals surface area contributed by atoms with Gasteiger partial charge in [-0.2, -0.15) is 5.10 Å². The summed E-state index contributed by atoms with van der Waals surface area (Å²) in [6.45, 7) is 0. The molecule has 3 aromatic carbocycles. The number of nitrogens with zero attached hydrogens (tertiary/aromatic N) is 2. The Kier molecular flexibility index (Phi) is 6.49. The van der Waals surface area contributed by atoms with Crippen molar-refractivity contribution in [1.82, 2.24) is 4.98 Å². The Labute approximate surface area is 190 Å². The first kappa shape index (κ1) is 20.9. The highest BCUT2D eigenvalue weighted by atomic mass is 79.9. The van der Waals surface area contributed by atoms with E-state index in [4.69, 9.17) is 4.74 Å². The number of rotatable bonds is 6. The van der Waals surface area contributed by atoms with E-state index in [1.54, 1.807) is 36.5 Å². The maximum absolute atomic E-state index is 13.7. The van der Waals surface area contributed by atoms with Gasteiger partial charge < -0.3 is 4.74 Å². The number of halogens is 2. The molecule has 0 aliphatic rings. The normalized spacial score (nSPS) is 10.9. The first-order valence-electron chi connectivity index (χ1n) is 9.16. The molecule has 1 aromatic heterocycles. The summed E-state index contributed by atoms with van der Waals surface area (Å²) >= 11 is 4.88. The molecule has 1 N–H and O–H groups in total. The van der Waals surface area contributed by atoms with Crippen molar-refractivity contribution in [3.8, 4) is 17.0 Å². The van der Waals surface area contributed by atoms with Crippen LogP contribution in [0.2, 0.25) is 0 Å².